The second-order valence-electron chi connectivity index (χ2n) is 3.99. The molecule has 1 unspecified atom stereocenters. The zero-order valence-electron chi connectivity index (χ0n) is 9.32. The molecule has 1 rings (SSSR count). The van der Waals surface area contributed by atoms with Gasteiger partial charge in [0, 0.05) is 20.0 Å². The number of carbonyl (C=O) groups is 2. The monoisotopic (exact) mass is 210 g/mol. The Morgan fingerprint density at radius 1 is 1.40 bits per heavy atom. The molecule has 0 bridgehead atoms. The molecule has 1 atom stereocenters. The summed E-state index contributed by atoms with van der Waals surface area (Å²) in [6.45, 7) is 0.103. The van der Waals surface area contributed by atoms with Crippen molar-refractivity contribution >= 4 is 11.8 Å². The van der Waals surface area contributed by atoms with Gasteiger partial charge in [0.25, 0.3) is 0 Å². The van der Waals surface area contributed by atoms with Crippen molar-refractivity contribution in [2.24, 2.45) is 5.92 Å². The summed E-state index contributed by atoms with van der Waals surface area (Å²) in [5.41, 5.74) is 0. The van der Waals surface area contributed by atoms with E-state index in [0.717, 1.165) is 19.3 Å². The van der Waals surface area contributed by atoms with E-state index in [-0.39, 0.29) is 24.3 Å². The van der Waals surface area contributed by atoms with Crippen molar-refractivity contribution < 1.29 is 9.59 Å². The van der Waals surface area contributed by atoms with E-state index in [2.05, 4.69) is 11.4 Å². The van der Waals surface area contributed by atoms with Crippen molar-refractivity contribution in [3.63, 3.8) is 0 Å². The fourth-order valence-corrected chi connectivity index (χ4v) is 1.50. The van der Waals surface area contributed by atoms with Gasteiger partial charge >= 0.3 is 0 Å². The molecule has 0 aliphatic heterocycles. The molecule has 0 aromatic heterocycles. The van der Waals surface area contributed by atoms with Crippen LogP contribution >= 0.6 is 0 Å². The first-order valence-corrected chi connectivity index (χ1v) is 5.24. The smallest absolute Gasteiger partial charge is 0.241 e. The maximum atomic E-state index is 11.6. The number of hydrogen-bond donors (Lipinski definition) is 1. The second-order valence-corrected chi connectivity index (χ2v) is 3.99. The SMILES string of the molecule is CN(C)C(=O)CNC(=O)C1CC=CCC1. The van der Waals surface area contributed by atoms with Gasteiger partial charge in [0.05, 0.1) is 6.54 Å². The fourth-order valence-electron chi connectivity index (χ4n) is 1.50. The molecule has 0 saturated carbocycles. The minimum Gasteiger partial charge on any atom is -0.347 e. The van der Waals surface area contributed by atoms with Crippen LogP contribution in [0, 0.1) is 5.92 Å². The summed E-state index contributed by atoms with van der Waals surface area (Å²) >= 11 is 0. The number of amides is 2. The molecule has 4 heteroatoms. The summed E-state index contributed by atoms with van der Waals surface area (Å²) in [5.74, 6) is -0.0331. The Morgan fingerprint density at radius 2 is 2.13 bits per heavy atom. The molecule has 0 fully saturated rings. The summed E-state index contributed by atoms with van der Waals surface area (Å²) in [7, 11) is 3.36. The quantitative estimate of drug-likeness (QED) is 0.691. The van der Waals surface area contributed by atoms with Crippen LogP contribution in [0.15, 0.2) is 12.2 Å². The summed E-state index contributed by atoms with van der Waals surface area (Å²) in [6.07, 6.45) is 6.76. The van der Waals surface area contributed by atoms with Gasteiger partial charge in [-0.3, -0.25) is 9.59 Å². The first kappa shape index (κ1) is 11.8. The normalized spacial score (nSPS) is 19.7. The van der Waals surface area contributed by atoms with E-state index in [1.807, 2.05) is 6.08 Å². The lowest BCUT2D eigenvalue weighted by Gasteiger charge is -2.18. The molecule has 84 valence electrons. The largest absolute Gasteiger partial charge is 0.347 e. The van der Waals surface area contributed by atoms with Crippen molar-refractivity contribution in [2.45, 2.75) is 19.3 Å². The molecular weight excluding hydrogens is 192 g/mol. The minimum absolute atomic E-state index is 0.00505. The third-order valence-corrected chi connectivity index (χ3v) is 2.55. The third-order valence-electron chi connectivity index (χ3n) is 2.55. The lowest BCUT2D eigenvalue weighted by Crippen LogP contribution is -2.39. The van der Waals surface area contributed by atoms with Gasteiger partial charge in [-0.15, -0.1) is 0 Å². The highest BCUT2D eigenvalue weighted by Gasteiger charge is 2.19. The van der Waals surface area contributed by atoms with Crippen molar-refractivity contribution in [3.05, 3.63) is 12.2 Å². The summed E-state index contributed by atoms with van der Waals surface area (Å²) in [5, 5.41) is 2.67. The topological polar surface area (TPSA) is 49.4 Å². The molecule has 0 radical (unpaired) electrons. The van der Waals surface area contributed by atoms with E-state index in [1.165, 1.54) is 4.90 Å². The van der Waals surface area contributed by atoms with Crippen LogP contribution in [-0.2, 0) is 9.59 Å². The average molecular weight is 210 g/mol. The highest BCUT2D eigenvalue weighted by molar-refractivity contribution is 5.85. The molecule has 0 aromatic carbocycles. The molecule has 0 saturated heterocycles. The molecule has 4 nitrogen and oxygen atoms in total. The standard InChI is InChI=1S/C11H18N2O2/c1-13(2)10(14)8-12-11(15)9-6-4-3-5-7-9/h3-4,9H,5-8H2,1-2H3,(H,12,15). The van der Waals surface area contributed by atoms with Crippen LogP contribution in [0.5, 0.6) is 0 Å². The van der Waals surface area contributed by atoms with Gasteiger partial charge in [-0.05, 0) is 19.3 Å². The van der Waals surface area contributed by atoms with Gasteiger partial charge in [0.2, 0.25) is 11.8 Å². The highest BCUT2D eigenvalue weighted by Crippen LogP contribution is 2.17. The first-order valence-electron chi connectivity index (χ1n) is 5.24. The zero-order chi connectivity index (χ0) is 11.3. The Morgan fingerprint density at radius 3 is 2.67 bits per heavy atom. The number of rotatable bonds is 3. The highest BCUT2D eigenvalue weighted by atomic mass is 16.2. The van der Waals surface area contributed by atoms with E-state index in [9.17, 15) is 9.59 Å². The van der Waals surface area contributed by atoms with E-state index in [4.69, 9.17) is 0 Å². The molecule has 0 spiro atoms. The minimum atomic E-state index is -0.0744. The maximum absolute atomic E-state index is 11.6. The summed E-state index contributed by atoms with van der Waals surface area (Å²) in [6, 6.07) is 0. The van der Waals surface area contributed by atoms with Crippen molar-refractivity contribution in [3.8, 4) is 0 Å². The molecule has 1 N–H and O–H groups in total. The lowest BCUT2D eigenvalue weighted by atomic mass is 9.94. The Balaban J connectivity index is 2.29. The Bertz CT molecular complexity index is 272. The molecule has 1 aliphatic rings. The maximum Gasteiger partial charge on any atom is 0.241 e. The lowest BCUT2D eigenvalue weighted by molar-refractivity contribution is -0.132. The molecule has 2 amide bonds. The van der Waals surface area contributed by atoms with Gasteiger partial charge < -0.3 is 10.2 Å². The number of nitrogens with one attached hydrogen (secondary N) is 1. The van der Waals surface area contributed by atoms with Gasteiger partial charge in [0.1, 0.15) is 0 Å². The number of likely N-dealkylation sites (N-methyl/N-ethyl adjacent to an activating group) is 1. The van der Waals surface area contributed by atoms with Crippen LogP contribution in [0.1, 0.15) is 19.3 Å². The molecule has 0 aromatic rings. The average Bonchev–Trinajstić information content (AvgIpc) is 2.26. The molecular formula is C11H18N2O2. The number of hydrogen-bond acceptors (Lipinski definition) is 2. The van der Waals surface area contributed by atoms with E-state index < -0.39 is 0 Å². The van der Waals surface area contributed by atoms with E-state index in [0.29, 0.717) is 0 Å². The Kier molecular flexibility index (Phi) is 4.34. The fraction of sp³-hybridized carbons (Fsp3) is 0.636. The Hall–Kier alpha value is -1.32. The van der Waals surface area contributed by atoms with Crippen LogP contribution in [0.3, 0.4) is 0 Å². The second kappa shape index (κ2) is 5.53. The van der Waals surface area contributed by atoms with Gasteiger partial charge in [-0.25, -0.2) is 0 Å². The van der Waals surface area contributed by atoms with Gasteiger partial charge in [-0.1, -0.05) is 12.2 Å². The third kappa shape index (κ3) is 3.73. The van der Waals surface area contributed by atoms with Gasteiger partial charge in [0.15, 0.2) is 0 Å². The predicted molar refractivity (Wildman–Crippen MR) is 58.2 cm³/mol. The van der Waals surface area contributed by atoms with Crippen LogP contribution in [0.2, 0.25) is 0 Å². The van der Waals surface area contributed by atoms with Crippen LogP contribution in [0.25, 0.3) is 0 Å². The first-order chi connectivity index (χ1) is 7.11. The summed E-state index contributed by atoms with van der Waals surface area (Å²) < 4.78 is 0. The predicted octanol–water partition coefficient (Wildman–Crippen LogP) is 0.547. The Labute approximate surface area is 90.3 Å². The van der Waals surface area contributed by atoms with Crippen LogP contribution in [0.4, 0.5) is 0 Å². The molecule has 1 aliphatic carbocycles. The number of allylic oxidation sites excluding steroid dienone is 2. The van der Waals surface area contributed by atoms with E-state index in [1.54, 1.807) is 14.1 Å². The van der Waals surface area contributed by atoms with E-state index >= 15 is 0 Å². The van der Waals surface area contributed by atoms with Crippen LogP contribution in [-0.4, -0.2) is 37.4 Å². The number of nitrogens with zero attached hydrogens (tertiary/aromatic N) is 1. The zero-order valence-corrected chi connectivity index (χ0v) is 9.32. The number of carbonyl (C=O) groups excluding carboxylic acids is 2. The van der Waals surface area contributed by atoms with Crippen molar-refractivity contribution in [1.29, 1.82) is 0 Å². The van der Waals surface area contributed by atoms with Crippen molar-refractivity contribution in [2.75, 3.05) is 20.6 Å². The van der Waals surface area contributed by atoms with Crippen molar-refractivity contribution in [1.82, 2.24) is 10.2 Å². The summed E-state index contributed by atoms with van der Waals surface area (Å²) in [4.78, 5) is 24.3. The van der Waals surface area contributed by atoms with Crippen LogP contribution < -0.4 is 5.32 Å². The molecule has 0 heterocycles. The van der Waals surface area contributed by atoms with Gasteiger partial charge in [-0.2, -0.15) is 0 Å². The molecule has 15 heavy (non-hydrogen) atoms.